The lowest BCUT2D eigenvalue weighted by atomic mass is 9.90. The van der Waals surface area contributed by atoms with Crippen LogP contribution in [0.5, 0.6) is 5.75 Å². The Labute approximate surface area is 112 Å². The van der Waals surface area contributed by atoms with Gasteiger partial charge >= 0.3 is 5.97 Å². The van der Waals surface area contributed by atoms with E-state index < -0.39 is 23.8 Å². The second-order valence-electron chi connectivity index (χ2n) is 5.55. The highest BCUT2D eigenvalue weighted by atomic mass is 16.5. The van der Waals surface area contributed by atoms with Crippen molar-refractivity contribution in [1.82, 2.24) is 0 Å². The maximum atomic E-state index is 10.5. The Bertz CT molecular complexity index is 433. The number of carboxylic acids is 1. The normalized spacial score (nSPS) is 12.3. The molecule has 0 spiro atoms. The summed E-state index contributed by atoms with van der Waals surface area (Å²) in [5.74, 6) is -0.780. The van der Waals surface area contributed by atoms with E-state index in [-0.39, 0.29) is 0 Å². The van der Waals surface area contributed by atoms with E-state index in [0.717, 1.165) is 0 Å². The first-order valence-electron chi connectivity index (χ1n) is 5.95. The summed E-state index contributed by atoms with van der Waals surface area (Å²) >= 11 is 0. The van der Waals surface area contributed by atoms with Crippen molar-refractivity contribution < 1.29 is 24.9 Å². The molecule has 0 unspecified atom stereocenters. The Morgan fingerprint density at radius 2 is 1.47 bits per heavy atom. The van der Waals surface area contributed by atoms with Crippen LogP contribution < -0.4 is 4.74 Å². The van der Waals surface area contributed by atoms with Crippen LogP contribution in [0.25, 0.3) is 0 Å². The summed E-state index contributed by atoms with van der Waals surface area (Å²) < 4.78 is 5.12. The lowest BCUT2D eigenvalue weighted by Gasteiger charge is -2.24. The molecule has 0 aliphatic carbocycles. The first-order chi connectivity index (χ1) is 8.50. The van der Waals surface area contributed by atoms with Gasteiger partial charge in [-0.15, -0.1) is 0 Å². The molecule has 0 fully saturated rings. The number of aliphatic carboxylic acids is 1. The predicted octanol–water partition coefficient (Wildman–Crippen LogP) is 1.60. The molecule has 1 rings (SSSR count). The molecular weight excluding hydrogens is 248 g/mol. The van der Waals surface area contributed by atoms with E-state index in [1.165, 1.54) is 0 Å². The summed E-state index contributed by atoms with van der Waals surface area (Å²) in [6.07, 6.45) is 0. The standard InChI is InChI=1S/C14H20O5/c1-13(2,17)9-5-10(14(3,4)18)7-11(6-9)19-8-12(15)16/h5-7,17-18H,8H2,1-4H3,(H,15,16). The van der Waals surface area contributed by atoms with E-state index in [2.05, 4.69) is 0 Å². The van der Waals surface area contributed by atoms with Crippen LogP contribution in [0.4, 0.5) is 0 Å². The van der Waals surface area contributed by atoms with Crippen LogP contribution in [0.15, 0.2) is 18.2 Å². The predicted molar refractivity (Wildman–Crippen MR) is 70.1 cm³/mol. The Kier molecular flexibility index (Phi) is 4.22. The van der Waals surface area contributed by atoms with E-state index in [4.69, 9.17) is 9.84 Å². The molecule has 19 heavy (non-hydrogen) atoms. The molecule has 5 heteroatoms. The van der Waals surface area contributed by atoms with Gasteiger partial charge in [0, 0.05) is 0 Å². The molecule has 0 saturated heterocycles. The Balaban J connectivity index is 3.21. The first kappa shape index (κ1) is 15.5. The number of benzene rings is 1. The van der Waals surface area contributed by atoms with Crippen molar-refractivity contribution in [2.24, 2.45) is 0 Å². The van der Waals surface area contributed by atoms with Crippen molar-refractivity contribution in [2.45, 2.75) is 38.9 Å². The molecule has 0 bridgehead atoms. The lowest BCUT2D eigenvalue weighted by Crippen LogP contribution is -2.21. The molecular formula is C14H20O5. The topological polar surface area (TPSA) is 87.0 Å². The van der Waals surface area contributed by atoms with Gasteiger partial charge in [-0.05, 0) is 57.0 Å². The van der Waals surface area contributed by atoms with Crippen LogP contribution in [0, 0.1) is 0 Å². The van der Waals surface area contributed by atoms with E-state index in [1.54, 1.807) is 45.9 Å². The van der Waals surface area contributed by atoms with Crippen molar-refractivity contribution in [3.63, 3.8) is 0 Å². The Morgan fingerprint density at radius 1 is 1.05 bits per heavy atom. The molecule has 0 aromatic heterocycles. The zero-order chi connectivity index (χ0) is 14.8. The first-order valence-corrected chi connectivity index (χ1v) is 5.95. The third-order valence-electron chi connectivity index (χ3n) is 2.68. The van der Waals surface area contributed by atoms with E-state index in [0.29, 0.717) is 16.9 Å². The quantitative estimate of drug-likeness (QED) is 0.755. The molecule has 5 nitrogen and oxygen atoms in total. The second kappa shape index (κ2) is 5.19. The van der Waals surface area contributed by atoms with E-state index in [9.17, 15) is 15.0 Å². The fourth-order valence-electron chi connectivity index (χ4n) is 1.53. The summed E-state index contributed by atoms with van der Waals surface area (Å²) in [5.41, 5.74) is -1.12. The van der Waals surface area contributed by atoms with Gasteiger partial charge in [-0.2, -0.15) is 0 Å². The number of aliphatic hydroxyl groups is 2. The van der Waals surface area contributed by atoms with Crippen LogP contribution in [0.2, 0.25) is 0 Å². The van der Waals surface area contributed by atoms with Crippen molar-refractivity contribution in [1.29, 1.82) is 0 Å². The van der Waals surface area contributed by atoms with E-state index >= 15 is 0 Å². The minimum atomic E-state index is -1.11. The molecule has 0 heterocycles. The van der Waals surface area contributed by atoms with Gasteiger partial charge in [0.2, 0.25) is 0 Å². The Hall–Kier alpha value is -1.59. The van der Waals surface area contributed by atoms with Crippen molar-refractivity contribution in [3.05, 3.63) is 29.3 Å². The number of rotatable bonds is 5. The van der Waals surface area contributed by atoms with Gasteiger partial charge < -0.3 is 20.1 Å². The number of ether oxygens (including phenoxy) is 1. The van der Waals surface area contributed by atoms with Crippen molar-refractivity contribution >= 4 is 5.97 Å². The second-order valence-corrected chi connectivity index (χ2v) is 5.55. The maximum absolute atomic E-state index is 10.5. The van der Waals surface area contributed by atoms with Crippen LogP contribution >= 0.6 is 0 Å². The summed E-state index contributed by atoms with van der Waals surface area (Å²) in [7, 11) is 0. The molecule has 0 amide bonds. The van der Waals surface area contributed by atoms with Crippen LogP contribution in [0.3, 0.4) is 0 Å². The average Bonchev–Trinajstić information content (AvgIpc) is 2.23. The van der Waals surface area contributed by atoms with Gasteiger partial charge in [0.15, 0.2) is 6.61 Å². The molecule has 0 aliphatic heterocycles. The van der Waals surface area contributed by atoms with Crippen molar-refractivity contribution in [3.8, 4) is 5.75 Å². The zero-order valence-electron chi connectivity index (χ0n) is 11.6. The molecule has 1 aromatic carbocycles. The largest absolute Gasteiger partial charge is 0.482 e. The molecule has 0 aliphatic rings. The molecule has 3 N–H and O–H groups in total. The number of hydrogen-bond donors (Lipinski definition) is 3. The average molecular weight is 268 g/mol. The van der Waals surface area contributed by atoms with Gasteiger partial charge in [0.1, 0.15) is 5.75 Å². The number of hydrogen-bond acceptors (Lipinski definition) is 4. The maximum Gasteiger partial charge on any atom is 0.341 e. The molecule has 0 saturated carbocycles. The lowest BCUT2D eigenvalue weighted by molar-refractivity contribution is -0.139. The van der Waals surface area contributed by atoms with Gasteiger partial charge in [0.05, 0.1) is 11.2 Å². The monoisotopic (exact) mass is 268 g/mol. The molecule has 0 atom stereocenters. The minimum absolute atomic E-state index is 0.305. The van der Waals surface area contributed by atoms with Gasteiger partial charge in [-0.3, -0.25) is 0 Å². The smallest absolute Gasteiger partial charge is 0.341 e. The van der Waals surface area contributed by atoms with Gasteiger partial charge in [0.25, 0.3) is 0 Å². The summed E-state index contributed by atoms with van der Waals surface area (Å²) in [6.45, 7) is 5.96. The third kappa shape index (κ3) is 4.54. The zero-order valence-corrected chi connectivity index (χ0v) is 11.6. The van der Waals surface area contributed by atoms with Gasteiger partial charge in [-0.25, -0.2) is 4.79 Å². The fraction of sp³-hybridized carbons (Fsp3) is 0.500. The fourth-order valence-corrected chi connectivity index (χ4v) is 1.53. The SMILES string of the molecule is CC(C)(O)c1cc(OCC(=O)O)cc(C(C)(C)O)c1. The molecule has 0 radical (unpaired) electrons. The highest BCUT2D eigenvalue weighted by Crippen LogP contribution is 2.30. The molecule has 106 valence electrons. The van der Waals surface area contributed by atoms with E-state index in [1.807, 2.05) is 0 Å². The highest BCUT2D eigenvalue weighted by molar-refractivity contribution is 5.68. The van der Waals surface area contributed by atoms with Crippen LogP contribution in [-0.4, -0.2) is 27.9 Å². The molecule has 1 aromatic rings. The highest BCUT2D eigenvalue weighted by Gasteiger charge is 2.23. The number of carboxylic acid groups (broad SMARTS) is 1. The third-order valence-corrected chi connectivity index (χ3v) is 2.68. The van der Waals surface area contributed by atoms with Crippen LogP contribution in [0.1, 0.15) is 38.8 Å². The summed E-state index contributed by atoms with van der Waals surface area (Å²) in [5, 5.41) is 28.7. The number of carbonyl (C=O) groups is 1. The Morgan fingerprint density at radius 3 is 1.79 bits per heavy atom. The van der Waals surface area contributed by atoms with Gasteiger partial charge in [-0.1, -0.05) is 0 Å². The summed E-state index contributed by atoms with van der Waals surface area (Å²) in [6, 6.07) is 4.81. The van der Waals surface area contributed by atoms with Crippen molar-refractivity contribution in [2.75, 3.05) is 6.61 Å². The van der Waals surface area contributed by atoms with Crippen LogP contribution in [-0.2, 0) is 16.0 Å². The minimum Gasteiger partial charge on any atom is -0.482 e. The summed E-state index contributed by atoms with van der Waals surface area (Å²) in [4.78, 5) is 10.5.